The molecule has 5 heteroatoms. The molecular formula is C12H18IN3S. The summed E-state index contributed by atoms with van der Waals surface area (Å²) in [5.74, 6) is 0. The number of thiazole rings is 1. The largest absolute Gasteiger partial charge is 0.311 e. The van der Waals surface area contributed by atoms with Crippen molar-refractivity contribution in [2.75, 3.05) is 11.0 Å². The van der Waals surface area contributed by atoms with E-state index in [1.807, 2.05) is 0 Å². The second-order valence-electron chi connectivity index (χ2n) is 4.11. The van der Waals surface area contributed by atoms with E-state index in [-0.39, 0.29) is 0 Å². The van der Waals surface area contributed by atoms with Gasteiger partial charge in [-0.3, -0.25) is 4.40 Å². The van der Waals surface area contributed by atoms with Gasteiger partial charge in [0.15, 0.2) is 4.96 Å². The SMILES string of the molecule is ICCCCCCNCc1cn2ccsc2n1. The monoisotopic (exact) mass is 363 g/mol. The van der Waals surface area contributed by atoms with E-state index in [4.69, 9.17) is 0 Å². The van der Waals surface area contributed by atoms with Crippen LogP contribution in [0, 0.1) is 0 Å². The lowest BCUT2D eigenvalue weighted by atomic mass is 10.2. The number of nitrogens with one attached hydrogen (secondary N) is 1. The molecule has 94 valence electrons. The smallest absolute Gasteiger partial charge is 0.193 e. The Morgan fingerprint density at radius 3 is 3.00 bits per heavy atom. The molecule has 0 saturated heterocycles. The summed E-state index contributed by atoms with van der Waals surface area (Å²) in [6.45, 7) is 1.99. The van der Waals surface area contributed by atoms with Gasteiger partial charge in [0.2, 0.25) is 0 Å². The van der Waals surface area contributed by atoms with Crippen LogP contribution in [0.15, 0.2) is 17.8 Å². The third-order valence-electron chi connectivity index (χ3n) is 2.69. The highest BCUT2D eigenvalue weighted by molar-refractivity contribution is 14.1. The Morgan fingerprint density at radius 1 is 1.29 bits per heavy atom. The number of fused-ring (bicyclic) bond motifs is 1. The van der Waals surface area contributed by atoms with E-state index in [1.165, 1.54) is 30.1 Å². The Morgan fingerprint density at radius 2 is 2.18 bits per heavy atom. The number of halogens is 1. The van der Waals surface area contributed by atoms with E-state index in [2.05, 4.69) is 55.1 Å². The fourth-order valence-electron chi connectivity index (χ4n) is 1.78. The van der Waals surface area contributed by atoms with E-state index >= 15 is 0 Å². The van der Waals surface area contributed by atoms with Gasteiger partial charge < -0.3 is 5.32 Å². The van der Waals surface area contributed by atoms with E-state index in [0.717, 1.165) is 23.7 Å². The van der Waals surface area contributed by atoms with Gasteiger partial charge in [-0.2, -0.15) is 0 Å². The summed E-state index contributed by atoms with van der Waals surface area (Å²) in [6.07, 6.45) is 9.51. The molecule has 2 aromatic rings. The van der Waals surface area contributed by atoms with Crippen molar-refractivity contribution in [2.45, 2.75) is 32.2 Å². The molecule has 2 rings (SSSR count). The summed E-state index contributed by atoms with van der Waals surface area (Å²) < 4.78 is 3.37. The molecular weight excluding hydrogens is 345 g/mol. The summed E-state index contributed by atoms with van der Waals surface area (Å²) in [7, 11) is 0. The first kappa shape index (κ1) is 13.3. The zero-order valence-corrected chi connectivity index (χ0v) is 12.8. The molecule has 17 heavy (non-hydrogen) atoms. The van der Waals surface area contributed by atoms with Crippen LogP contribution in [0.2, 0.25) is 0 Å². The summed E-state index contributed by atoms with van der Waals surface area (Å²) in [4.78, 5) is 5.62. The molecule has 2 aromatic heterocycles. The molecule has 0 amide bonds. The molecule has 0 saturated carbocycles. The fraction of sp³-hybridized carbons (Fsp3) is 0.583. The van der Waals surface area contributed by atoms with Crippen molar-refractivity contribution in [3.05, 3.63) is 23.5 Å². The lowest BCUT2D eigenvalue weighted by molar-refractivity contribution is 0.597. The molecule has 0 unspecified atom stereocenters. The Labute approximate surface area is 120 Å². The second-order valence-corrected chi connectivity index (χ2v) is 6.06. The number of hydrogen-bond acceptors (Lipinski definition) is 3. The van der Waals surface area contributed by atoms with Crippen LogP contribution >= 0.6 is 33.9 Å². The van der Waals surface area contributed by atoms with E-state index in [1.54, 1.807) is 11.3 Å². The summed E-state index contributed by atoms with van der Waals surface area (Å²) in [5.41, 5.74) is 1.14. The number of aromatic nitrogens is 2. The topological polar surface area (TPSA) is 29.3 Å². The van der Waals surface area contributed by atoms with Crippen molar-refractivity contribution < 1.29 is 0 Å². The van der Waals surface area contributed by atoms with Crippen molar-refractivity contribution in [3.8, 4) is 0 Å². The van der Waals surface area contributed by atoms with Crippen LogP contribution in [-0.4, -0.2) is 20.4 Å². The first-order valence-electron chi connectivity index (χ1n) is 6.08. The third kappa shape index (κ3) is 4.22. The van der Waals surface area contributed by atoms with Crippen LogP contribution in [0.5, 0.6) is 0 Å². The van der Waals surface area contributed by atoms with Crippen molar-refractivity contribution in [3.63, 3.8) is 0 Å². The molecule has 0 fully saturated rings. The van der Waals surface area contributed by atoms with Crippen LogP contribution in [0.25, 0.3) is 4.96 Å². The van der Waals surface area contributed by atoms with E-state index in [0.29, 0.717) is 0 Å². The van der Waals surface area contributed by atoms with Gasteiger partial charge in [0.1, 0.15) is 0 Å². The zero-order valence-electron chi connectivity index (χ0n) is 9.86. The van der Waals surface area contributed by atoms with Crippen molar-refractivity contribution >= 4 is 38.9 Å². The number of hydrogen-bond donors (Lipinski definition) is 1. The van der Waals surface area contributed by atoms with Gasteiger partial charge in [0, 0.05) is 24.3 Å². The molecule has 0 bridgehead atoms. The van der Waals surface area contributed by atoms with Crippen LogP contribution in [-0.2, 0) is 6.54 Å². The van der Waals surface area contributed by atoms with Gasteiger partial charge >= 0.3 is 0 Å². The maximum Gasteiger partial charge on any atom is 0.193 e. The summed E-state index contributed by atoms with van der Waals surface area (Å²) in [6, 6.07) is 0. The van der Waals surface area contributed by atoms with Gasteiger partial charge in [0.05, 0.1) is 5.69 Å². The van der Waals surface area contributed by atoms with E-state index in [9.17, 15) is 0 Å². The molecule has 3 nitrogen and oxygen atoms in total. The van der Waals surface area contributed by atoms with Gasteiger partial charge in [-0.15, -0.1) is 11.3 Å². The predicted octanol–water partition coefficient (Wildman–Crippen LogP) is 3.48. The van der Waals surface area contributed by atoms with Crippen molar-refractivity contribution in [1.82, 2.24) is 14.7 Å². The number of rotatable bonds is 8. The minimum absolute atomic E-state index is 0.890. The van der Waals surface area contributed by atoms with Crippen molar-refractivity contribution in [2.24, 2.45) is 0 Å². The van der Waals surface area contributed by atoms with Gasteiger partial charge in [-0.05, 0) is 23.8 Å². The highest BCUT2D eigenvalue weighted by Crippen LogP contribution is 2.11. The second kappa shape index (κ2) is 7.33. The van der Waals surface area contributed by atoms with Crippen molar-refractivity contribution in [1.29, 1.82) is 0 Å². The number of nitrogens with zero attached hydrogens (tertiary/aromatic N) is 2. The normalized spacial score (nSPS) is 11.4. The molecule has 0 aromatic carbocycles. The first-order valence-corrected chi connectivity index (χ1v) is 8.48. The third-order valence-corrected chi connectivity index (χ3v) is 4.22. The molecule has 0 aliphatic rings. The molecule has 0 aliphatic heterocycles. The van der Waals surface area contributed by atoms with Gasteiger partial charge in [-0.1, -0.05) is 35.4 Å². The highest BCUT2D eigenvalue weighted by Gasteiger charge is 2.01. The fourth-order valence-corrected chi connectivity index (χ4v) is 3.03. The quantitative estimate of drug-likeness (QED) is 0.442. The van der Waals surface area contributed by atoms with Gasteiger partial charge in [0.25, 0.3) is 0 Å². The number of unbranched alkanes of at least 4 members (excludes halogenated alkanes) is 3. The summed E-state index contributed by atoms with van der Waals surface area (Å²) >= 11 is 4.13. The molecule has 0 atom stereocenters. The highest BCUT2D eigenvalue weighted by atomic mass is 127. The van der Waals surface area contributed by atoms with Crippen LogP contribution in [0.3, 0.4) is 0 Å². The predicted molar refractivity (Wildman–Crippen MR) is 82.1 cm³/mol. The average molecular weight is 363 g/mol. The minimum atomic E-state index is 0.890. The Hall–Kier alpha value is -0.140. The Balaban J connectivity index is 1.60. The lowest BCUT2D eigenvalue weighted by Gasteiger charge is -2.02. The first-order chi connectivity index (χ1) is 8.40. The van der Waals surface area contributed by atoms with Crippen LogP contribution < -0.4 is 5.32 Å². The number of alkyl halides is 1. The van der Waals surface area contributed by atoms with E-state index < -0.39 is 0 Å². The molecule has 0 spiro atoms. The Bertz CT molecular complexity index is 409. The minimum Gasteiger partial charge on any atom is -0.311 e. The molecule has 0 radical (unpaired) electrons. The zero-order chi connectivity index (χ0) is 11.9. The average Bonchev–Trinajstić information content (AvgIpc) is 2.88. The van der Waals surface area contributed by atoms with Crippen LogP contribution in [0.1, 0.15) is 31.4 Å². The molecule has 1 N–H and O–H groups in total. The molecule has 2 heterocycles. The molecule has 0 aliphatic carbocycles. The Kier molecular flexibility index (Phi) is 5.73. The number of imidazole rings is 1. The maximum atomic E-state index is 4.54. The lowest BCUT2D eigenvalue weighted by Crippen LogP contribution is -2.14. The maximum absolute atomic E-state index is 4.54. The van der Waals surface area contributed by atoms with Gasteiger partial charge in [-0.25, -0.2) is 4.98 Å². The standard InChI is InChI=1S/C12H18IN3S/c13-5-3-1-2-4-6-14-9-11-10-16-7-8-17-12(16)15-11/h7-8,10,14H,1-6,9H2. The van der Waals surface area contributed by atoms with Crippen LogP contribution in [0.4, 0.5) is 0 Å². The summed E-state index contributed by atoms with van der Waals surface area (Å²) in [5, 5.41) is 5.52.